The molecule has 0 N–H and O–H groups in total. The van der Waals surface area contributed by atoms with Crippen LogP contribution in [0.3, 0.4) is 0 Å². The highest BCUT2D eigenvalue weighted by molar-refractivity contribution is 7.99. The summed E-state index contributed by atoms with van der Waals surface area (Å²) in [7, 11) is 0. The summed E-state index contributed by atoms with van der Waals surface area (Å²) < 4.78 is 0. The maximum atomic E-state index is 12.4. The molecule has 0 radical (unpaired) electrons. The van der Waals surface area contributed by atoms with Crippen LogP contribution in [0, 0.1) is 25.7 Å². The van der Waals surface area contributed by atoms with Crippen molar-refractivity contribution in [2.75, 3.05) is 5.75 Å². The number of ketones is 1. The first-order valence-electron chi connectivity index (χ1n) is 10.6. The standard InChI is InChI=1S/C24H34OS.C3H6/c1-7-10-18(3)11-9-12-23(25)22(8-2)15-20(5)17-26-24-16-19(4)13-14-21(24)6;1-3-2/h8-9,12-16,18,20H,2,7,10-11,17H2,1,3-6H3;3H,1H2,2H3/b12-9+,22-15+;. The van der Waals surface area contributed by atoms with Crippen LogP contribution in [0.5, 0.6) is 0 Å². The zero-order valence-corrected chi connectivity index (χ0v) is 20.1. The molecule has 2 atom stereocenters. The van der Waals surface area contributed by atoms with E-state index in [1.807, 2.05) is 30.8 Å². The highest BCUT2D eigenvalue weighted by Crippen LogP contribution is 2.26. The van der Waals surface area contributed by atoms with E-state index in [9.17, 15) is 4.79 Å². The van der Waals surface area contributed by atoms with Gasteiger partial charge in [-0.2, -0.15) is 0 Å². The van der Waals surface area contributed by atoms with Crippen molar-refractivity contribution in [3.8, 4) is 0 Å². The third kappa shape index (κ3) is 12.4. The molecule has 0 heterocycles. The van der Waals surface area contributed by atoms with E-state index in [1.54, 1.807) is 18.2 Å². The van der Waals surface area contributed by atoms with E-state index < -0.39 is 0 Å². The van der Waals surface area contributed by atoms with Crippen LogP contribution < -0.4 is 0 Å². The Morgan fingerprint density at radius 3 is 2.45 bits per heavy atom. The minimum absolute atomic E-state index is 0.0623. The first kappa shape index (κ1) is 27.2. The summed E-state index contributed by atoms with van der Waals surface area (Å²) in [6.45, 7) is 19.9. The predicted octanol–water partition coefficient (Wildman–Crippen LogP) is 8.29. The maximum absolute atomic E-state index is 12.4. The third-order valence-electron chi connectivity index (χ3n) is 4.40. The molecule has 0 amide bonds. The highest BCUT2D eigenvalue weighted by atomic mass is 32.2. The van der Waals surface area contributed by atoms with Crippen LogP contribution in [0.2, 0.25) is 0 Å². The summed E-state index contributed by atoms with van der Waals surface area (Å²) in [5, 5.41) is 0. The molecule has 2 unspecified atom stereocenters. The molecule has 0 fully saturated rings. The Kier molecular flexibility index (Phi) is 15.1. The second kappa shape index (κ2) is 16.0. The first-order valence-corrected chi connectivity index (χ1v) is 11.6. The van der Waals surface area contributed by atoms with Gasteiger partial charge < -0.3 is 0 Å². The van der Waals surface area contributed by atoms with Gasteiger partial charge in [0, 0.05) is 16.2 Å². The molecule has 0 aromatic heterocycles. The monoisotopic (exact) mass is 412 g/mol. The Morgan fingerprint density at radius 2 is 1.86 bits per heavy atom. The summed E-state index contributed by atoms with van der Waals surface area (Å²) in [6, 6.07) is 6.54. The molecule has 0 saturated carbocycles. The van der Waals surface area contributed by atoms with Crippen molar-refractivity contribution in [1.29, 1.82) is 0 Å². The quantitative estimate of drug-likeness (QED) is 0.157. The summed E-state index contributed by atoms with van der Waals surface area (Å²) in [5.74, 6) is 1.95. The average molecular weight is 413 g/mol. The van der Waals surface area contributed by atoms with E-state index in [0.29, 0.717) is 17.4 Å². The van der Waals surface area contributed by atoms with Crippen molar-refractivity contribution in [3.63, 3.8) is 0 Å². The summed E-state index contributed by atoms with van der Waals surface area (Å²) in [6.07, 6.45) is 12.6. The summed E-state index contributed by atoms with van der Waals surface area (Å²) in [4.78, 5) is 13.7. The molecule has 0 aliphatic carbocycles. The van der Waals surface area contributed by atoms with E-state index in [0.717, 1.165) is 12.2 Å². The van der Waals surface area contributed by atoms with Crippen molar-refractivity contribution >= 4 is 17.5 Å². The molecule has 2 heteroatoms. The normalized spacial score (nSPS) is 13.4. The minimum atomic E-state index is 0.0623. The lowest BCUT2D eigenvalue weighted by molar-refractivity contribution is -0.111. The average Bonchev–Trinajstić information content (AvgIpc) is 2.67. The number of hydrogen-bond donors (Lipinski definition) is 0. The molecule has 0 spiro atoms. The van der Waals surface area contributed by atoms with Gasteiger partial charge in [0.1, 0.15) is 0 Å². The van der Waals surface area contributed by atoms with Crippen LogP contribution in [0.4, 0.5) is 0 Å². The van der Waals surface area contributed by atoms with Gasteiger partial charge in [0.15, 0.2) is 5.78 Å². The maximum Gasteiger partial charge on any atom is 0.185 e. The molecule has 0 aliphatic rings. The molecule has 0 bridgehead atoms. The Hall–Kier alpha value is -1.80. The molecule has 0 aliphatic heterocycles. The lowest BCUT2D eigenvalue weighted by atomic mass is 10.0. The number of carbonyl (C=O) groups is 1. The molecular formula is C27H40OS. The Labute approximate surface area is 184 Å². The van der Waals surface area contributed by atoms with Crippen molar-refractivity contribution in [2.24, 2.45) is 11.8 Å². The van der Waals surface area contributed by atoms with Crippen molar-refractivity contribution in [3.05, 3.63) is 78.4 Å². The van der Waals surface area contributed by atoms with Gasteiger partial charge in [0.25, 0.3) is 0 Å². The van der Waals surface area contributed by atoms with Crippen LogP contribution >= 0.6 is 11.8 Å². The van der Waals surface area contributed by atoms with Crippen LogP contribution in [0.1, 0.15) is 58.1 Å². The Morgan fingerprint density at radius 1 is 1.21 bits per heavy atom. The zero-order chi connectivity index (χ0) is 22.2. The van der Waals surface area contributed by atoms with Gasteiger partial charge in [-0.1, -0.05) is 82.2 Å². The van der Waals surface area contributed by atoms with E-state index in [-0.39, 0.29) is 5.78 Å². The van der Waals surface area contributed by atoms with E-state index in [4.69, 9.17) is 0 Å². The van der Waals surface area contributed by atoms with E-state index in [1.165, 1.54) is 28.9 Å². The van der Waals surface area contributed by atoms with Gasteiger partial charge >= 0.3 is 0 Å². The predicted molar refractivity (Wildman–Crippen MR) is 133 cm³/mol. The lowest BCUT2D eigenvalue weighted by Gasteiger charge is -2.10. The van der Waals surface area contributed by atoms with Gasteiger partial charge in [0.05, 0.1) is 0 Å². The van der Waals surface area contributed by atoms with Crippen LogP contribution in [0.15, 0.2) is 72.2 Å². The van der Waals surface area contributed by atoms with Gasteiger partial charge in [-0.3, -0.25) is 4.79 Å². The highest BCUT2D eigenvalue weighted by Gasteiger charge is 2.08. The number of thioether (sulfide) groups is 1. The van der Waals surface area contributed by atoms with Crippen molar-refractivity contribution < 1.29 is 4.79 Å². The molecule has 1 nitrogen and oxygen atoms in total. The minimum Gasteiger partial charge on any atom is -0.289 e. The molecule has 29 heavy (non-hydrogen) atoms. The molecular weight excluding hydrogens is 372 g/mol. The Balaban J connectivity index is 0.00000245. The van der Waals surface area contributed by atoms with E-state index in [2.05, 4.69) is 66.0 Å². The number of allylic oxidation sites excluding steroid dienone is 6. The first-order chi connectivity index (χ1) is 13.8. The summed E-state index contributed by atoms with van der Waals surface area (Å²) in [5.41, 5.74) is 3.30. The third-order valence-corrected chi connectivity index (χ3v) is 5.85. The van der Waals surface area contributed by atoms with Gasteiger partial charge in [-0.15, -0.1) is 18.3 Å². The number of benzene rings is 1. The largest absolute Gasteiger partial charge is 0.289 e. The van der Waals surface area contributed by atoms with E-state index >= 15 is 0 Å². The lowest BCUT2D eigenvalue weighted by Crippen LogP contribution is -2.02. The van der Waals surface area contributed by atoms with Crippen molar-refractivity contribution in [1.82, 2.24) is 0 Å². The van der Waals surface area contributed by atoms with Crippen LogP contribution in [0.25, 0.3) is 0 Å². The van der Waals surface area contributed by atoms with Crippen LogP contribution in [-0.2, 0) is 4.79 Å². The van der Waals surface area contributed by atoms with Gasteiger partial charge in [-0.25, -0.2) is 0 Å². The van der Waals surface area contributed by atoms with Gasteiger partial charge in [-0.05, 0) is 56.7 Å². The number of aryl methyl sites for hydroxylation is 2. The molecule has 1 aromatic carbocycles. The fourth-order valence-corrected chi connectivity index (χ4v) is 3.91. The zero-order valence-electron chi connectivity index (χ0n) is 19.3. The molecule has 160 valence electrons. The fraction of sp³-hybridized carbons (Fsp3) is 0.444. The SMILES string of the molecule is C=C/C(=C\C(C)CSc1cc(C)ccc1C)C(=O)/C=C/CC(C)CCC.C=CC. The Bertz CT molecular complexity index is 696. The number of hydrogen-bond acceptors (Lipinski definition) is 2. The number of carbonyl (C=O) groups excluding carboxylic acids is 1. The van der Waals surface area contributed by atoms with Crippen LogP contribution in [-0.4, -0.2) is 11.5 Å². The number of rotatable bonds is 11. The van der Waals surface area contributed by atoms with Crippen molar-refractivity contribution in [2.45, 2.75) is 65.7 Å². The second-order valence-electron chi connectivity index (χ2n) is 7.69. The molecule has 0 saturated heterocycles. The topological polar surface area (TPSA) is 17.1 Å². The smallest absolute Gasteiger partial charge is 0.185 e. The summed E-state index contributed by atoms with van der Waals surface area (Å²) >= 11 is 1.85. The second-order valence-corrected chi connectivity index (χ2v) is 8.75. The fourth-order valence-electron chi connectivity index (χ4n) is 2.80. The van der Waals surface area contributed by atoms with Gasteiger partial charge in [0.2, 0.25) is 0 Å². The molecule has 1 aromatic rings. The molecule has 1 rings (SSSR count).